The normalized spacial score (nSPS) is 25.7. The summed E-state index contributed by atoms with van der Waals surface area (Å²) in [5.41, 5.74) is -1.91. The summed E-state index contributed by atoms with van der Waals surface area (Å²) in [6.07, 6.45) is 5.18. The first-order valence-corrected chi connectivity index (χ1v) is 10.4. The van der Waals surface area contributed by atoms with E-state index in [1.54, 1.807) is 6.92 Å². The number of carbonyl (C=O) groups excluding carboxylic acids is 3. The summed E-state index contributed by atoms with van der Waals surface area (Å²) in [4.78, 5) is 51.6. The van der Waals surface area contributed by atoms with E-state index in [9.17, 15) is 24.3 Å². The van der Waals surface area contributed by atoms with Gasteiger partial charge in [0.1, 0.15) is 0 Å². The smallest absolute Gasteiger partial charge is 0.337 e. The molecule has 0 aromatic carbocycles. The first-order valence-electron chi connectivity index (χ1n) is 9.76. The Morgan fingerprint density at radius 3 is 2.33 bits per heavy atom. The maximum atomic E-state index is 13.1. The summed E-state index contributed by atoms with van der Waals surface area (Å²) < 4.78 is 0. The van der Waals surface area contributed by atoms with Crippen molar-refractivity contribution >= 4 is 36.2 Å². The second-order valence-corrected chi connectivity index (χ2v) is 8.14. The molecule has 0 spiro atoms. The molecular formula is C19H30N2O5S. The summed E-state index contributed by atoms with van der Waals surface area (Å²) in [6.45, 7) is 3.40. The van der Waals surface area contributed by atoms with E-state index in [-0.39, 0.29) is 36.5 Å². The van der Waals surface area contributed by atoms with Crippen molar-refractivity contribution in [2.45, 2.75) is 70.4 Å². The van der Waals surface area contributed by atoms with Gasteiger partial charge in [-0.1, -0.05) is 26.2 Å². The van der Waals surface area contributed by atoms with Crippen LogP contribution in [0.3, 0.4) is 0 Å². The molecule has 1 saturated carbocycles. The number of amides is 2. The van der Waals surface area contributed by atoms with Crippen LogP contribution in [0.2, 0.25) is 0 Å². The number of likely N-dealkylation sites (tertiary alicyclic amines) is 1. The highest BCUT2D eigenvalue weighted by molar-refractivity contribution is 7.80. The number of carbonyl (C=O) groups is 4. The molecule has 2 amide bonds. The summed E-state index contributed by atoms with van der Waals surface area (Å²) in [6, 6.07) is -0.963. The quantitative estimate of drug-likeness (QED) is 0.447. The fraction of sp³-hybridized carbons (Fsp3) is 0.789. The highest BCUT2D eigenvalue weighted by atomic mass is 32.1. The number of hydrogen-bond donors (Lipinski definition) is 3. The van der Waals surface area contributed by atoms with Crippen molar-refractivity contribution in [1.29, 1.82) is 0 Å². The minimum Gasteiger partial charge on any atom is -0.479 e. The molecule has 0 aromatic heterocycles. The Morgan fingerprint density at radius 1 is 1.15 bits per heavy atom. The van der Waals surface area contributed by atoms with Gasteiger partial charge in [-0.25, -0.2) is 4.79 Å². The van der Waals surface area contributed by atoms with E-state index in [2.05, 4.69) is 17.9 Å². The number of nitrogens with zero attached hydrogens (tertiary/aromatic N) is 1. The molecule has 1 saturated heterocycles. The van der Waals surface area contributed by atoms with Gasteiger partial charge in [-0.15, -0.1) is 0 Å². The van der Waals surface area contributed by atoms with Crippen molar-refractivity contribution in [2.24, 2.45) is 11.8 Å². The number of hydrogen-bond acceptors (Lipinski definition) is 5. The molecule has 2 N–H and O–H groups in total. The third kappa shape index (κ3) is 4.31. The molecule has 2 aliphatic rings. The summed E-state index contributed by atoms with van der Waals surface area (Å²) >= 11 is 4.12. The average molecular weight is 399 g/mol. The van der Waals surface area contributed by atoms with Crippen molar-refractivity contribution in [3.8, 4) is 0 Å². The third-order valence-electron chi connectivity index (χ3n) is 5.83. The molecule has 7 nitrogen and oxygen atoms in total. The van der Waals surface area contributed by atoms with Crippen LogP contribution in [0.4, 0.5) is 0 Å². The largest absolute Gasteiger partial charge is 0.479 e. The van der Waals surface area contributed by atoms with E-state index >= 15 is 0 Å². The van der Waals surface area contributed by atoms with E-state index in [1.807, 2.05) is 0 Å². The van der Waals surface area contributed by atoms with Gasteiger partial charge >= 0.3 is 5.97 Å². The van der Waals surface area contributed by atoms with Crippen LogP contribution < -0.4 is 5.32 Å². The Bertz CT molecular complexity index is 605. The number of aliphatic carboxylic acids is 1. The summed E-state index contributed by atoms with van der Waals surface area (Å²) in [7, 11) is 0. The second kappa shape index (κ2) is 9.08. The molecular weight excluding hydrogens is 368 g/mol. The molecule has 1 aliphatic heterocycles. The maximum Gasteiger partial charge on any atom is 0.337 e. The van der Waals surface area contributed by atoms with Gasteiger partial charge in [0.25, 0.3) is 0 Å². The Balaban J connectivity index is 2.18. The van der Waals surface area contributed by atoms with Crippen molar-refractivity contribution in [3.63, 3.8) is 0 Å². The van der Waals surface area contributed by atoms with E-state index < -0.39 is 29.3 Å². The Morgan fingerprint density at radius 2 is 1.78 bits per heavy atom. The minimum atomic E-state index is -1.91. The number of ketones is 1. The zero-order valence-electron chi connectivity index (χ0n) is 16.1. The Hall–Kier alpha value is -1.57. The highest BCUT2D eigenvalue weighted by Gasteiger charge is 2.57. The van der Waals surface area contributed by atoms with Gasteiger partial charge in [-0.05, 0) is 32.6 Å². The van der Waals surface area contributed by atoms with Crippen LogP contribution in [0.1, 0.15) is 58.8 Å². The van der Waals surface area contributed by atoms with Crippen LogP contribution in [0.15, 0.2) is 0 Å². The number of carboxylic acid groups (broad SMARTS) is 1. The molecule has 0 unspecified atom stereocenters. The molecule has 1 aliphatic carbocycles. The molecule has 3 atom stereocenters. The molecule has 0 bridgehead atoms. The summed E-state index contributed by atoms with van der Waals surface area (Å²) in [5, 5.41) is 12.6. The van der Waals surface area contributed by atoms with Gasteiger partial charge in [0.05, 0.1) is 6.04 Å². The lowest BCUT2D eigenvalue weighted by Gasteiger charge is -2.36. The van der Waals surface area contributed by atoms with Gasteiger partial charge in [-0.3, -0.25) is 14.4 Å². The number of rotatable bonds is 7. The van der Waals surface area contributed by atoms with Gasteiger partial charge in [-0.2, -0.15) is 12.6 Å². The molecule has 27 heavy (non-hydrogen) atoms. The Labute approximate surface area is 165 Å². The zero-order chi connectivity index (χ0) is 20.2. The fourth-order valence-electron chi connectivity index (χ4n) is 4.16. The van der Waals surface area contributed by atoms with Crippen LogP contribution >= 0.6 is 12.6 Å². The standard InChI is InChI=1S/C19H30N2O5S/c1-12(11-27)17(24)21-10-6-9-19(21,18(25)26)15(22)13(2)20-16(23)14-7-4-3-5-8-14/h12-14,27H,3-11H2,1-2H3,(H,20,23)(H,25,26)/t12-,13+,19-/m0/s1. The van der Waals surface area contributed by atoms with Crippen molar-refractivity contribution in [3.05, 3.63) is 0 Å². The van der Waals surface area contributed by atoms with Gasteiger partial charge < -0.3 is 15.3 Å². The fourth-order valence-corrected chi connectivity index (χ4v) is 4.32. The molecule has 2 rings (SSSR count). The molecule has 2 fully saturated rings. The van der Waals surface area contributed by atoms with Crippen LogP contribution in [0, 0.1) is 11.8 Å². The van der Waals surface area contributed by atoms with Crippen LogP contribution in [0.25, 0.3) is 0 Å². The van der Waals surface area contributed by atoms with E-state index in [4.69, 9.17) is 0 Å². The van der Waals surface area contributed by atoms with Crippen molar-refractivity contribution in [2.75, 3.05) is 12.3 Å². The lowest BCUT2D eigenvalue weighted by molar-refractivity contribution is -0.163. The van der Waals surface area contributed by atoms with Crippen molar-refractivity contribution < 1.29 is 24.3 Å². The molecule has 0 radical (unpaired) electrons. The maximum absolute atomic E-state index is 13.1. The lowest BCUT2D eigenvalue weighted by Crippen LogP contribution is -2.64. The first-order chi connectivity index (χ1) is 12.8. The van der Waals surface area contributed by atoms with E-state index in [0.29, 0.717) is 6.42 Å². The Kier molecular flexibility index (Phi) is 7.31. The second-order valence-electron chi connectivity index (χ2n) is 7.77. The number of thiol groups is 1. The van der Waals surface area contributed by atoms with Crippen LogP contribution in [0.5, 0.6) is 0 Å². The van der Waals surface area contributed by atoms with E-state index in [0.717, 1.165) is 32.1 Å². The zero-order valence-corrected chi connectivity index (χ0v) is 17.0. The van der Waals surface area contributed by atoms with Gasteiger partial charge in [0, 0.05) is 24.1 Å². The predicted molar refractivity (Wildman–Crippen MR) is 104 cm³/mol. The van der Waals surface area contributed by atoms with Crippen molar-refractivity contribution in [1.82, 2.24) is 10.2 Å². The molecule has 152 valence electrons. The number of nitrogens with one attached hydrogen (secondary N) is 1. The molecule has 8 heteroatoms. The van der Waals surface area contributed by atoms with E-state index in [1.165, 1.54) is 11.8 Å². The lowest BCUT2D eigenvalue weighted by atomic mass is 9.85. The predicted octanol–water partition coefficient (Wildman–Crippen LogP) is 1.65. The SMILES string of the molecule is C[C@@H](CS)C(=O)N1CCC[C@@]1(C(=O)O)C(=O)[C@@H](C)NC(=O)C1CCCCC1. The number of carboxylic acids is 1. The average Bonchev–Trinajstić information content (AvgIpc) is 3.12. The van der Waals surface area contributed by atoms with Crippen LogP contribution in [-0.4, -0.2) is 57.5 Å². The monoisotopic (exact) mass is 398 g/mol. The molecule has 1 heterocycles. The molecule has 0 aromatic rings. The topological polar surface area (TPSA) is 104 Å². The summed E-state index contributed by atoms with van der Waals surface area (Å²) in [5.74, 6) is -2.88. The van der Waals surface area contributed by atoms with Crippen LogP contribution in [-0.2, 0) is 19.2 Å². The highest BCUT2D eigenvalue weighted by Crippen LogP contribution is 2.33. The number of Topliss-reactive ketones (excluding diaryl/α,β-unsaturated/α-hetero) is 1. The van der Waals surface area contributed by atoms with Gasteiger partial charge in [0.15, 0.2) is 5.78 Å². The van der Waals surface area contributed by atoms with Gasteiger partial charge in [0.2, 0.25) is 17.4 Å². The third-order valence-corrected chi connectivity index (χ3v) is 6.38. The first kappa shape index (κ1) is 21.7. The minimum absolute atomic E-state index is 0.0653.